The van der Waals surface area contributed by atoms with E-state index in [9.17, 15) is 19.7 Å². The number of nitrogens with zero attached hydrogens (tertiary/aromatic N) is 1. The molecule has 23 heavy (non-hydrogen) atoms. The zero-order valence-corrected chi connectivity index (χ0v) is 13.7. The molecule has 1 rings (SSSR count). The largest absolute Gasteiger partial charge is 0.356 e. The van der Waals surface area contributed by atoms with Crippen LogP contribution in [0, 0.1) is 10.1 Å². The molecule has 0 bridgehead atoms. The van der Waals surface area contributed by atoms with Gasteiger partial charge in [-0.25, -0.2) is 0 Å². The van der Waals surface area contributed by atoms with Crippen LogP contribution in [0.5, 0.6) is 0 Å². The van der Waals surface area contributed by atoms with Gasteiger partial charge in [-0.2, -0.15) is 0 Å². The van der Waals surface area contributed by atoms with E-state index in [0.29, 0.717) is 13.1 Å². The third kappa shape index (κ3) is 7.10. The molecule has 0 radical (unpaired) electrons. The highest BCUT2D eigenvalue weighted by molar-refractivity contribution is 6.32. The Morgan fingerprint density at radius 3 is 2.30 bits per heavy atom. The minimum absolute atomic E-state index is 0.00530. The van der Waals surface area contributed by atoms with Crippen LogP contribution in [0.25, 0.3) is 0 Å². The lowest BCUT2D eigenvalue weighted by Crippen LogP contribution is -2.24. The minimum atomic E-state index is -0.617. The fraction of sp³-hybridized carbons (Fsp3) is 0.467. The second kappa shape index (κ2) is 9.78. The fourth-order valence-electron chi connectivity index (χ4n) is 1.97. The number of halogens is 1. The SMILES string of the molecule is CC(=O)NCCCCCCNC(=O)c1ccc(Cl)c([N+](=O)[O-])c1. The van der Waals surface area contributed by atoms with Crippen molar-refractivity contribution in [1.29, 1.82) is 0 Å². The van der Waals surface area contributed by atoms with Gasteiger partial charge in [-0.1, -0.05) is 24.4 Å². The molecular weight excluding hydrogens is 322 g/mol. The molecule has 0 atom stereocenters. The Kier molecular flexibility index (Phi) is 8.04. The van der Waals surface area contributed by atoms with Gasteiger partial charge in [0.15, 0.2) is 0 Å². The monoisotopic (exact) mass is 341 g/mol. The zero-order chi connectivity index (χ0) is 17.2. The van der Waals surface area contributed by atoms with Crippen molar-refractivity contribution in [2.75, 3.05) is 13.1 Å². The maximum Gasteiger partial charge on any atom is 0.288 e. The van der Waals surface area contributed by atoms with E-state index in [-0.39, 0.29) is 28.1 Å². The number of amides is 2. The summed E-state index contributed by atoms with van der Waals surface area (Å²) < 4.78 is 0. The smallest absolute Gasteiger partial charge is 0.288 e. The standard InChI is InChI=1S/C15H20ClN3O4/c1-11(20)17-8-4-2-3-5-9-18-15(21)12-6-7-13(16)14(10-12)19(22)23/h6-7,10H,2-5,8-9H2,1H3,(H,17,20)(H,18,21). The first-order chi connectivity index (χ1) is 10.9. The van der Waals surface area contributed by atoms with E-state index in [2.05, 4.69) is 10.6 Å². The van der Waals surface area contributed by atoms with E-state index in [0.717, 1.165) is 25.7 Å². The van der Waals surface area contributed by atoms with Gasteiger partial charge in [-0.05, 0) is 25.0 Å². The molecule has 0 heterocycles. The number of unbranched alkanes of at least 4 members (excludes halogenated alkanes) is 3. The molecule has 1 aromatic rings. The first-order valence-corrected chi connectivity index (χ1v) is 7.76. The molecule has 0 unspecified atom stereocenters. The van der Waals surface area contributed by atoms with Crippen LogP contribution in [-0.2, 0) is 4.79 Å². The van der Waals surface area contributed by atoms with Crippen molar-refractivity contribution >= 4 is 29.1 Å². The summed E-state index contributed by atoms with van der Waals surface area (Å²) >= 11 is 5.70. The van der Waals surface area contributed by atoms with Gasteiger partial charge >= 0.3 is 0 Å². The Morgan fingerprint density at radius 2 is 1.74 bits per heavy atom. The number of rotatable bonds is 9. The molecule has 0 fully saturated rings. The van der Waals surface area contributed by atoms with Crippen molar-refractivity contribution < 1.29 is 14.5 Å². The Hall–Kier alpha value is -2.15. The molecular formula is C15H20ClN3O4. The van der Waals surface area contributed by atoms with E-state index in [1.165, 1.54) is 25.1 Å². The van der Waals surface area contributed by atoms with Gasteiger partial charge in [0.2, 0.25) is 5.91 Å². The topological polar surface area (TPSA) is 101 Å². The van der Waals surface area contributed by atoms with Crippen LogP contribution < -0.4 is 10.6 Å². The summed E-state index contributed by atoms with van der Waals surface area (Å²) in [5.74, 6) is -0.391. The number of benzene rings is 1. The summed E-state index contributed by atoms with van der Waals surface area (Å²) in [4.78, 5) is 32.8. The van der Waals surface area contributed by atoms with Gasteiger partial charge < -0.3 is 10.6 Å². The molecule has 1 aromatic carbocycles. The predicted molar refractivity (Wildman–Crippen MR) is 87.6 cm³/mol. The normalized spacial score (nSPS) is 10.2. The van der Waals surface area contributed by atoms with Crippen LogP contribution in [-0.4, -0.2) is 29.8 Å². The van der Waals surface area contributed by atoms with Gasteiger partial charge in [-0.3, -0.25) is 19.7 Å². The predicted octanol–water partition coefficient (Wildman–Crippen LogP) is 2.67. The van der Waals surface area contributed by atoms with Crippen molar-refractivity contribution in [1.82, 2.24) is 10.6 Å². The number of nitro groups is 1. The molecule has 2 amide bonds. The molecule has 126 valence electrons. The summed E-state index contributed by atoms with van der Waals surface area (Å²) in [6.45, 7) is 2.64. The van der Waals surface area contributed by atoms with E-state index >= 15 is 0 Å². The molecule has 0 aliphatic carbocycles. The van der Waals surface area contributed by atoms with Crippen molar-refractivity contribution in [2.45, 2.75) is 32.6 Å². The number of carbonyl (C=O) groups is 2. The van der Waals surface area contributed by atoms with E-state index < -0.39 is 4.92 Å². The quantitative estimate of drug-likeness (QED) is 0.409. The molecule has 0 spiro atoms. The number of hydrogen-bond donors (Lipinski definition) is 2. The van der Waals surface area contributed by atoms with Crippen LogP contribution in [0.2, 0.25) is 5.02 Å². The number of nitrogens with one attached hydrogen (secondary N) is 2. The van der Waals surface area contributed by atoms with Gasteiger partial charge in [0.25, 0.3) is 11.6 Å². The van der Waals surface area contributed by atoms with Crippen LogP contribution in [0.4, 0.5) is 5.69 Å². The second-order valence-corrected chi connectivity index (χ2v) is 5.48. The van der Waals surface area contributed by atoms with Gasteiger partial charge in [-0.15, -0.1) is 0 Å². The lowest BCUT2D eigenvalue weighted by molar-refractivity contribution is -0.384. The lowest BCUT2D eigenvalue weighted by Gasteiger charge is -2.06. The maximum absolute atomic E-state index is 11.9. The maximum atomic E-state index is 11.9. The van der Waals surface area contributed by atoms with E-state index in [1.54, 1.807) is 0 Å². The van der Waals surface area contributed by atoms with Crippen molar-refractivity contribution in [3.05, 3.63) is 38.9 Å². The highest BCUT2D eigenvalue weighted by Crippen LogP contribution is 2.24. The first-order valence-electron chi connectivity index (χ1n) is 7.38. The molecule has 0 saturated carbocycles. The number of nitro benzene ring substituents is 1. The summed E-state index contributed by atoms with van der Waals surface area (Å²) in [7, 11) is 0. The van der Waals surface area contributed by atoms with Crippen molar-refractivity contribution in [3.63, 3.8) is 0 Å². The second-order valence-electron chi connectivity index (χ2n) is 5.08. The Balaban J connectivity index is 2.28. The van der Waals surface area contributed by atoms with Gasteiger partial charge in [0.1, 0.15) is 5.02 Å². The molecule has 8 heteroatoms. The summed E-state index contributed by atoms with van der Waals surface area (Å²) in [6, 6.07) is 3.97. The van der Waals surface area contributed by atoms with Crippen LogP contribution in [0.1, 0.15) is 43.0 Å². The number of carbonyl (C=O) groups excluding carboxylic acids is 2. The Morgan fingerprint density at radius 1 is 1.13 bits per heavy atom. The average molecular weight is 342 g/mol. The van der Waals surface area contributed by atoms with Gasteiger partial charge in [0.05, 0.1) is 4.92 Å². The lowest BCUT2D eigenvalue weighted by atomic mass is 10.1. The van der Waals surface area contributed by atoms with Crippen LogP contribution in [0.3, 0.4) is 0 Å². The van der Waals surface area contributed by atoms with E-state index in [4.69, 9.17) is 11.6 Å². The molecule has 0 aromatic heterocycles. The zero-order valence-electron chi connectivity index (χ0n) is 12.9. The summed E-state index contributed by atoms with van der Waals surface area (Å²) in [5, 5.41) is 16.2. The number of hydrogen-bond acceptors (Lipinski definition) is 4. The van der Waals surface area contributed by atoms with Crippen molar-refractivity contribution in [3.8, 4) is 0 Å². The fourth-order valence-corrected chi connectivity index (χ4v) is 2.15. The Labute approximate surface area is 139 Å². The highest BCUT2D eigenvalue weighted by atomic mass is 35.5. The highest BCUT2D eigenvalue weighted by Gasteiger charge is 2.15. The van der Waals surface area contributed by atoms with E-state index in [1.807, 2.05) is 0 Å². The summed E-state index contributed by atoms with van der Waals surface area (Å²) in [5.41, 5.74) is -0.0657. The first kappa shape index (κ1) is 18.9. The van der Waals surface area contributed by atoms with Crippen LogP contribution >= 0.6 is 11.6 Å². The molecule has 7 nitrogen and oxygen atoms in total. The molecule has 0 aliphatic rings. The Bertz CT molecular complexity index is 578. The minimum Gasteiger partial charge on any atom is -0.356 e. The average Bonchev–Trinajstić information content (AvgIpc) is 2.49. The van der Waals surface area contributed by atoms with Crippen LogP contribution in [0.15, 0.2) is 18.2 Å². The molecule has 2 N–H and O–H groups in total. The third-order valence-corrected chi connectivity index (χ3v) is 3.49. The van der Waals surface area contributed by atoms with Gasteiger partial charge in [0, 0.05) is 31.6 Å². The third-order valence-electron chi connectivity index (χ3n) is 3.17. The summed E-state index contributed by atoms with van der Waals surface area (Å²) in [6.07, 6.45) is 3.60. The van der Waals surface area contributed by atoms with Crippen molar-refractivity contribution in [2.24, 2.45) is 0 Å². The molecule has 0 aliphatic heterocycles. The molecule has 0 saturated heterocycles.